The van der Waals surface area contributed by atoms with Crippen molar-refractivity contribution in [1.29, 1.82) is 0 Å². The number of rotatable bonds is 6. The second-order valence-electron chi connectivity index (χ2n) is 10.1. The van der Waals surface area contributed by atoms with Gasteiger partial charge in [-0.25, -0.2) is 0 Å². The molecule has 4 aromatic carbocycles. The molecule has 0 saturated carbocycles. The highest BCUT2D eigenvalue weighted by molar-refractivity contribution is 8.17. The molecule has 0 aromatic heterocycles. The number of fused-ring (bicyclic) bond motifs is 2. The third-order valence-electron chi connectivity index (χ3n) is 7.19. The zero-order chi connectivity index (χ0) is 27.0. The number of hydrogen-bond donors (Lipinski definition) is 0. The maximum atomic E-state index is 6.71. The summed E-state index contributed by atoms with van der Waals surface area (Å²) >= 11 is 6.38. The van der Waals surface area contributed by atoms with E-state index in [-0.39, 0.29) is 12.2 Å². The highest BCUT2D eigenvalue weighted by atomic mass is 32.4. The van der Waals surface area contributed by atoms with Crippen LogP contribution in [-0.4, -0.2) is 20.1 Å². The topological polar surface area (TPSA) is 43.3 Å². The van der Waals surface area contributed by atoms with Crippen LogP contribution in [0.1, 0.15) is 25.0 Å². The fourth-order valence-corrected chi connectivity index (χ4v) is 8.14. The van der Waals surface area contributed by atoms with Crippen molar-refractivity contribution < 1.29 is 14.0 Å². The maximum Gasteiger partial charge on any atom is 0.231 e. The van der Waals surface area contributed by atoms with Gasteiger partial charge in [0.2, 0.25) is 6.79 Å². The predicted octanol–water partition coefficient (Wildman–Crippen LogP) is 7.53. The molecule has 4 aromatic rings. The quantitative estimate of drug-likeness (QED) is 0.183. The number of anilines is 1. The highest BCUT2D eigenvalue weighted by Crippen LogP contribution is 2.55. The lowest BCUT2D eigenvalue weighted by molar-refractivity contribution is 0.174. The van der Waals surface area contributed by atoms with Crippen LogP contribution < -0.4 is 24.2 Å². The lowest BCUT2D eigenvalue weighted by Gasteiger charge is -2.28. The van der Waals surface area contributed by atoms with Gasteiger partial charge in [0.15, 0.2) is 17.8 Å². The Balaban J connectivity index is 1.29. The number of benzene rings is 4. The van der Waals surface area contributed by atoms with E-state index in [9.17, 15) is 0 Å². The van der Waals surface area contributed by atoms with Crippen LogP contribution in [0, 0.1) is 0 Å². The van der Waals surface area contributed by atoms with Crippen LogP contribution in [0.5, 0.6) is 17.2 Å². The molecule has 0 bridgehead atoms. The van der Waals surface area contributed by atoms with Crippen molar-refractivity contribution in [3.63, 3.8) is 0 Å². The summed E-state index contributed by atoms with van der Waals surface area (Å²) in [7, 11) is 2.11. The van der Waals surface area contributed by atoms with Crippen LogP contribution >= 0.6 is 6.26 Å². The number of hydrogen-bond acceptors (Lipinski definition) is 6. The molecule has 6 rings (SSSR count). The van der Waals surface area contributed by atoms with Gasteiger partial charge in [-0.05, 0) is 65.4 Å². The van der Waals surface area contributed by atoms with Crippen molar-refractivity contribution in [3.8, 4) is 17.2 Å². The molecule has 0 fully saturated rings. The minimum Gasteiger partial charge on any atom is -0.458 e. The molecule has 39 heavy (non-hydrogen) atoms. The standard InChI is InChI=1S/C32H29N2O3PS/c1-32(2)27-11-7-8-12-28(27)34(3)31(32)21-38(39,26-9-5-4-6-10-26)37-25-16-13-23(14-17-25)20-33-24-15-18-29-30(19-24)36-22-35-29/h4-21H,22H2,1-3H3. The summed E-state index contributed by atoms with van der Waals surface area (Å²) in [6.45, 7) is 4.75. The van der Waals surface area contributed by atoms with Gasteiger partial charge in [0, 0.05) is 47.2 Å². The van der Waals surface area contributed by atoms with Gasteiger partial charge in [0.05, 0.1) is 5.69 Å². The van der Waals surface area contributed by atoms with Crippen molar-refractivity contribution in [2.45, 2.75) is 19.3 Å². The first kappa shape index (κ1) is 25.4. The van der Waals surface area contributed by atoms with Gasteiger partial charge in [-0.1, -0.05) is 62.4 Å². The van der Waals surface area contributed by atoms with Crippen molar-refractivity contribution in [3.05, 3.63) is 120 Å². The van der Waals surface area contributed by atoms with Crippen LogP contribution in [0.4, 0.5) is 11.4 Å². The first-order valence-corrected chi connectivity index (χ1v) is 15.6. The van der Waals surface area contributed by atoms with Crippen LogP contribution in [0.15, 0.2) is 114 Å². The third-order valence-corrected chi connectivity index (χ3v) is 10.4. The Morgan fingerprint density at radius 3 is 2.38 bits per heavy atom. The van der Waals surface area contributed by atoms with Gasteiger partial charge in [-0.2, -0.15) is 0 Å². The Kier molecular flexibility index (Phi) is 6.54. The molecular formula is C32H29N2O3PS. The summed E-state index contributed by atoms with van der Waals surface area (Å²) in [5.41, 5.74) is 5.22. The van der Waals surface area contributed by atoms with E-state index in [2.05, 4.69) is 73.0 Å². The summed E-state index contributed by atoms with van der Waals surface area (Å²) in [6, 6.07) is 32.3. The molecule has 2 aliphatic heterocycles. The molecule has 0 aliphatic carbocycles. The lowest BCUT2D eigenvalue weighted by atomic mass is 9.84. The SMILES string of the molecule is CN1C(=CP(=S)(Oc2ccc(C=Nc3ccc4c(c3)OCO4)cc2)c2ccccc2)C(C)(C)c2ccccc21. The van der Waals surface area contributed by atoms with Gasteiger partial charge >= 0.3 is 0 Å². The average Bonchev–Trinajstić information content (AvgIpc) is 3.50. The van der Waals surface area contributed by atoms with Gasteiger partial charge in [-0.15, -0.1) is 0 Å². The molecule has 5 nitrogen and oxygen atoms in total. The van der Waals surface area contributed by atoms with E-state index in [1.807, 2.05) is 66.9 Å². The first-order valence-electron chi connectivity index (χ1n) is 12.8. The summed E-state index contributed by atoms with van der Waals surface area (Å²) < 4.78 is 17.5. The smallest absolute Gasteiger partial charge is 0.231 e. The van der Waals surface area contributed by atoms with Crippen molar-refractivity contribution in [2.75, 3.05) is 18.7 Å². The van der Waals surface area contributed by atoms with E-state index in [0.717, 1.165) is 33.8 Å². The fourth-order valence-electron chi connectivity index (χ4n) is 5.07. The van der Waals surface area contributed by atoms with E-state index in [4.69, 9.17) is 25.8 Å². The Bertz CT molecular complexity index is 1630. The number of likely N-dealkylation sites (N-methyl/N-ethyl adjacent to an activating group) is 1. The van der Waals surface area contributed by atoms with Crippen molar-refractivity contribution in [2.24, 2.45) is 4.99 Å². The number of ether oxygens (including phenoxy) is 2. The summed E-state index contributed by atoms with van der Waals surface area (Å²) in [5.74, 6) is 4.39. The lowest BCUT2D eigenvalue weighted by Crippen LogP contribution is -2.24. The zero-order valence-electron chi connectivity index (χ0n) is 22.1. The molecule has 0 amide bonds. The van der Waals surface area contributed by atoms with Crippen LogP contribution in [-0.2, 0) is 17.2 Å². The summed E-state index contributed by atoms with van der Waals surface area (Å²) in [4.78, 5) is 6.84. The molecule has 0 saturated heterocycles. The van der Waals surface area contributed by atoms with Crippen LogP contribution in [0.3, 0.4) is 0 Å². The molecule has 2 aliphatic rings. The Labute approximate surface area is 234 Å². The molecule has 2 heterocycles. The maximum absolute atomic E-state index is 6.71. The Morgan fingerprint density at radius 2 is 1.62 bits per heavy atom. The molecule has 1 unspecified atom stereocenters. The van der Waals surface area contributed by atoms with Crippen LogP contribution in [0.2, 0.25) is 0 Å². The number of para-hydroxylation sites is 1. The summed E-state index contributed by atoms with van der Waals surface area (Å²) in [5, 5.41) is 1.01. The van der Waals surface area contributed by atoms with Gasteiger partial charge < -0.3 is 18.9 Å². The zero-order valence-corrected chi connectivity index (χ0v) is 23.8. The van der Waals surface area contributed by atoms with E-state index in [0.29, 0.717) is 5.75 Å². The van der Waals surface area contributed by atoms with Gasteiger partial charge in [0.25, 0.3) is 0 Å². The molecule has 1 atom stereocenters. The average molecular weight is 553 g/mol. The second-order valence-corrected chi connectivity index (χ2v) is 13.9. The Hall–Kier alpha value is -3.86. The third kappa shape index (κ3) is 4.87. The predicted molar refractivity (Wildman–Crippen MR) is 163 cm³/mol. The minimum atomic E-state index is -2.60. The molecule has 0 N–H and O–H groups in total. The first-order chi connectivity index (χ1) is 18.8. The Morgan fingerprint density at radius 1 is 0.897 bits per heavy atom. The van der Waals surface area contributed by atoms with E-state index in [1.165, 1.54) is 11.3 Å². The second kappa shape index (κ2) is 10.0. The summed E-state index contributed by atoms with van der Waals surface area (Å²) in [6.07, 6.45) is -0.781. The highest BCUT2D eigenvalue weighted by Gasteiger charge is 2.40. The van der Waals surface area contributed by atoms with E-state index < -0.39 is 6.26 Å². The normalized spacial score (nSPS) is 17.8. The van der Waals surface area contributed by atoms with Gasteiger partial charge in [0.1, 0.15) is 5.75 Å². The molecule has 0 spiro atoms. The minimum absolute atomic E-state index is 0.192. The largest absolute Gasteiger partial charge is 0.458 e. The molecule has 0 radical (unpaired) electrons. The number of nitrogens with zero attached hydrogens (tertiary/aromatic N) is 2. The monoisotopic (exact) mass is 552 g/mol. The van der Waals surface area contributed by atoms with Crippen molar-refractivity contribution in [1.82, 2.24) is 0 Å². The van der Waals surface area contributed by atoms with E-state index >= 15 is 0 Å². The molecule has 196 valence electrons. The fraction of sp³-hybridized carbons (Fsp3) is 0.156. The number of allylic oxidation sites excluding steroid dienone is 1. The molecule has 7 heteroatoms. The van der Waals surface area contributed by atoms with Gasteiger partial charge in [-0.3, -0.25) is 4.99 Å². The van der Waals surface area contributed by atoms with Crippen LogP contribution in [0.25, 0.3) is 0 Å². The van der Waals surface area contributed by atoms with Crippen molar-refractivity contribution >= 4 is 41.0 Å². The number of aliphatic imine (C=N–C) groups is 1. The van der Waals surface area contributed by atoms with E-state index in [1.54, 1.807) is 0 Å². The molecular weight excluding hydrogens is 523 g/mol.